The first-order valence-electron chi connectivity index (χ1n) is 4.84. The van der Waals surface area contributed by atoms with Crippen LogP contribution in [0.5, 0.6) is 0 Å². The van der Waals surface area contributed by atoms with Crippen molar-refractivity contribution in [3.63, 3.8) is 0 Å². The van der Waals surface area contributed by atoms with E-state index >= 15 is 0 Å². The number of aliphatic hydroxyl groups is 2. The van der Waals surface area contributed by atoms with E-state index in [1.54, 1.807) is 0 Å². The van der Waals surface area contributed by atoms with Gasteiger partial charge in [-0.2, -0.15) is 4.39 Å². The smallest absolute Gasteiger partial charge is 0.310 e. The number of rotatable bonds is 5. The highest BCUT2D eigenvalue weighted by atomic mass is 79.9. The quantitative estimate of drug-likeness (QED) is 0.494. The molecular weight excluding hydrogens is 297 g/mol. The predicted molar refractivity (Wildman–Crippen MR) is 62.4 cm³/mol. The van der Waals surface area contributed by atoms with Crippen LogP contribution in [0, 0.1) is 15.9 Å². The minimum atomic E-state index is -1.48. The van der Waals surface area contributed by atoms with Gasteiger partial charge in [-0.15, -0.1) is 0 Å². The van der Waals surface area contributed by atoms with Crippen LogP contribution in [0.4, 0.5) is 10.1 Å². The van der Waals surface area contributed by atoms with E-state index in [1.807, 2.05) is 0 Å². The highest BCUT2D eigenvalue weighted by Gasteiger charge is 2.28. The predicted octanol–water partition coefficient (Wildman–Crippen LogP) is 1.91. The fourth-order valence-electron chi connectivity index (χ4n) is 1.44. The molecule has 2 atom stereocenters. The van der Waals surface area contributed by atoms with Crippen LogP contribution in [-0.4, -0.2) is 26.6 Å². The van der Waals surface area contributed by atoms with Crippen molar-refractivity contribution in [2.24, 2.45) is 0 Å². The standard InChI is InChI=1S/C10H11BrFNO4/c11-5-4-8(14)10(15)6-2-1-3-7(12)9(6)13(16)17/h1-3,8,10,14-15H,4-5H2. The lowest BCUT2D eigenvalue weighted by Crippen LogP contribution is -2.20. The molecule has 0 spiro atoms. The van der Waals surface area contributed by atoms with E-state index in [2.05, 4.69) is 15.9 Å². The average Bonchev–Trinajstić information content (AvgIpc) is 2.27. The van der Waals surface area contributed by atoms with E-state index in [4.69, 9.17) is 0 Å². The van der Waals surface area contributed by atoms with Crippen molar-refractivity contribution in [2.75, 3.05) is 5.33 Å². The number of halogens is 2. The largest absolute Gasteiger partial charge is 0.390 e. The Morgan fingerprint density at radius 2 is 2.12 bits per heavy atom. The van der Waals surface area contributed by atoms with Crippen molar-refractivity contribution in [3.8, 4) is 0 Å². The van der Waals surface area contributed by atoms with E-state index in [0.29, 0.717) is 5.33 Å². The molecule has 5 nitrogen and oxygen atoms in total. The van der Waals surface area contributed by atoms with E-state index in [9.17, 15) is 24.7 Å². The number of nitro benzene ring substituents is 1. The maximum atomic E-state index is 13.3. The van der Waals surface area contributed by atoms with Crippen molar-refractivity contribution in [3.05, 3.63) is 39.7 Å². The number of hydrogen-bond donors (Lipinski definition) is 2. The highest BCUT2D eigenvalue weighted by Crippen LogP contribution is 2.30. The number of nitrogens with zero attached hydrogens (tertiary/aromatic N) is 1. The summed E-state index contributed by atoms with van der Waals surface area (Å²) in [6, 6.07) is 3.41. The molecule has 7 heteroatoms. The zero-order chi connectivity index (χ0) is 13.0. The topological polar surface area (TPSA) is 83.6 Å². The molecule has 0 aromatic heterocycles. The van der Waals surface area contributed by atoms with Crippen molar-refractivity contribution >= 4 is 21.6 Å². The van der Waals surface area contributed by atoms with E-state index in [1.165, 1.54) is 12.1 Å². The Kier molecular flexibility index (Phi) is 4.98. The molecule has 0 heterocycles. The fourth-order valence-corrected chi connectivity index (χ4v) is 1.91. The van der Waals surface area contributed by atoms with Gasteiger partial charge in [-0.1, -0.05) is 22.0 Å². The minimum absolute atomic E-state index is 0.203. The van der Waals surface area contributed by atoms with Crippen molar-refractivity contribution < 1.29 is 19.5 Å². The lowest BCUT2D eigenvalue weighted by Gasteiger charge is -2.17. The van der Waals surface area contributed by atoms with Gasteiger partial charge in [-0.25, -0.2) is 0 Å². The molecule has 1 aromatic rings. The number of aliphatic hydroxyl groups excluding tert-OH is 2. The minimum Gasteiger partial charge on any atom is -0.390 e. The Hall–Kier alpha value is -1.05. The molecule has 2 unspecified atom stereocenters. The monoisotopic (exact) mass is 307 g/mol. The first-order valence-corrected chi connectivity index (χ1v) is 5.96. The Labute approximate surface area is 105 Å². The summed E-state index contributed by atoms with van der Waals surface area (Å²) in [5, 5.41) is 30.4. The molecule has 0 aliphatic heterocycles. The SMILES string of the molecule is O=[N+]([O-])c1c(F)cccc1C(O)C(O)CCBr. The molecule has 0 bridgehead atoms. The van der Waals surface area contributed by atoms with Crippen molar-refractivity contribution in [1.29, 1.82) is 0 Å². The number of para-hydroxylation sites is 1. The van der Waals surface area contributed by atoms with Gasteiger partial charge in [0.1, 0.15) is 6.10 Å². The van der Waals surface area contributed by atoms with Gasteiger partial charge in [0.2, 0.25) is 5.82 Å². The summed E-state index contributed by atoms with van der Waals surface area (Å²) in [6.45, 7) is 0. The Balaban J connectivity index is 3.13. The number of alkyl halides is 1. The normalized spacial score (nSPS) is 14.4. The third kappa shape index (κ3) is 3.21. The molecule has 0 saturated heterocycles. The third-order valence-corrected chi connectivity index (χ3v) is 2.75. The molecule has 0 aliphatic rings. The molecule has 0 amide bonds. The number of benzene rings is 1. The summed E-state index contributed by atoms with van der Waals surface area (Å²) in [6.07, 6.45) is -2.46. The first kappa shape index (κ1) is 14.0. The molecule has 2 N–H and O–H groups in total. The summed E-state index contributed by atoms with van der Waals surface area (Å²) < 4.78 is 13.3. The van der Waals surface area contributed by atoms with Gasteiger partial charge >= 0.3 is 5.69 Å². The van der Waals surface area contributed by atoms with Gasteiger partial charge in [0.15, 0.2) is 0 Å². The summed E-state index contributed by atoms with van der Waals surface area (Å²) in [5.41, 5.74) is -1.02. The van der Waals surface area contributed by atoms with Gasteiger partial charge in [0, 0.05) is 5.33 Å². The van der Waals surface area contributed by atoms with Crippen LogP contribution in [0.1, 0.15) is 18.1 Å². The molecule has 94 valence electrons. The van der Waals surface area contributed by atoms with Crippen molar-refractivity contribution in [2.45, 2.75) is 18.6 Å². The van der Waals surface area contributed by atoms with Gasteiger partial charge in [-0.3, -0.25) is 10.1 Å². The summed E-state index contributed by atoms with van der Waals surface area (Å²) in [7, 11) is 0. The van der Waals surface area contributed by atoms with Crippen LogP contribution in [0.2, 0.25) is 0 Å². The van der Waals surface area contributed by atoms with Crippen LogP contribution in [0.3, 0.4) is 0 Å². The zero-order valence-corrected chi connectivity index (χ0v) is 10.3. The second kappa shape index (κ2) is 6.04. The van der Waals surface area contributed by atoms with E-state index in [-0.39, 0.29) is 12.0 Å². The van der Waals surface area contributed by atoms with Gasteiger partial charge in [-0.05, 0) is 18.6 Å². The number of nitro groups is 1. The average molecular weight is 308 g/mol. The van der Waals surface area contributed by atoms with Gasteiger partial charge in [0.25, 0.3) is 0 Å². The Bertz CT molecular complexity index is 415. The highest BCUT2D eigenvalue weighted by molar-refractivity contribution is 9.09. The summed E-state index contributed by atoms with van der Waals surface area (Å²) in [4.78, 5) is 9.78. The van der Waals surface area contributed by atoms with Crippen LogP contribution < -0.4 is 0 Å². The van der Waals surface area contributed by atoms with E-state index < -0.39 is 28.6 Å². The molecule has 0 radical (unpaired) electrons. The Morgan fingerprint density at radius 1 is 1.47 bits per heavy atom. The summed E-state index contributed by atoms with van der Waals surface area (Å²) in [5.74, 6) is -1.03. The van der Waals surface area contributed by atoms with Crippen LogP contribution in [0.15, 0.2) is 18.2 Å². The third-order valence-electron chi connectivity index (χ3n) is 2.29. The molecule has 1 aromatic carbocycles. The molecule has 0 fully saturated rings. The fraction of sp³-hybridized carbons (Fsp3) is 0.400. The Morgan fingerprint density at radius 3 is 2.65 bits per heavy atom. The zero-order valence-electron chi connectivity index (χ0n) is 8.72. The lowest BCUT2D eigenvalue weighted by molar-refractivity contribution is -0.389. The van der Waals surface area contributed by atoms with Crippen LogP contribution >= 0.6 is 15.9 Å². The first-order chi connectivity index (χ1) is 7.99. The summed E-state index contributed by atoms with van der Waals surface area (Å²) >= 11 is 3.07. The maximum Gasteiger partial charge on any atom is 0.310 e. The molecule has 0 aliphatic carbocycles. The van der Waals surface area contributed by atoms with Gasteiger partial charge in [0.05, 0.1) is 16.6 Å². The van der Waals surface area contributed by atoms with Gasteiger partial charge < -0.3 is 10.2 Å². The molecule has 17 heavy (non-hydrogen) atoms. The second-order valence-corrected chi connectivity index (χ2v) is 4.22. The van der Waals surface area contributed by atoms with E-state index in [0.717, 1.165) is 6.07 Å². The van der Waals surface area contributed by atoms with Crippen LogP contribution in [-0.2, 0) is 0 Å². The van der Waals surface area contributed by atoms with Crippen molar-refractivity contribution in [1.82, 2.24) is 0 Å². The molecule has 1 rings (SSSR count). The molecule has 0 saturated carbocycles. The number of hydrogen-bond acceptors (Lipinski definition) is 4. The lowest BCUT2D eigenvalue weighted by atomic mass is 10.0. The maximum absolute atomic E-state index is 13.3. The molecular formula is C10H11BrFNO4. The second-order valence-electron chi connectivity index (χ2n) is 3.42. The van der Waals surface area contributed by atoms with Crippen LogP contribution in [0.25, 0.3) is 0 Å².